The zero-order valence-corrected chi connectivity index (χ0v) is 16.3. The second kappa shape index (κ2) is 8.53. The number of carbonyl (C=O) groups excluding carboxylic acids is 2. The molecule has 1 aromatic heterocycles. The largest absolute Gasteiger partial charge is 0.355 e. The number of thiophene rings is 1. The SMILES string of the molecule is O=C(CCNC(=O)c1ccsc1)NCCS(=O)(=O)N1CCc2ccccc21. The predicted octanol–water partition coefficient (Wildman–Crippen LogP) is 1.38. The molecule has 0 saturated carbocycles. The third-order valence-corrected chi connectivity index (χ3v) is 6.74. The van der Waals surface area contributed by atoms with Crippen molar-refractivity contribution >= 4 is 38.9 Å². The number of nitrogens with zero attached hydrogens (tertiary/aromatic N) is 1. The van der Waals surface area contributed by atoms with Crippen LogP contribution in [0.3, 0.4) is 0 Å². The smallest absolute Gasteiger partial charge is 0.252 e. The molecule has 2 amide bonds. The molecule has 7 nitrogen and oxygen atoms in total. The Bertz CT molecular complexity index is 910. The highest BCUT2D eigenvalue weighted by molar-refractivity contribution is 7.92. The summed E-state index contributed by atoms with van der Waals surface area (Å²) in [4.78, 5) is 23.6. The van der Waals surface area contributed by atoms with Gasteiger partial charge in [-0.05, 0) is 29.5 Å². The number of hydrogen-bond donors (Lipinski definition) is 2. The summed E-state index contributed by atoms with van der Waals surface area (Å²) in [7, 11) is -3.48. The van der Waals surface area contributed by atoms with Crippen molar-refractivity contribution in [2.45, 2.75) is 12.8 Å². The van der Waals surface area contributed by atoms with Crippen LogP contribution in [-0.2, 0) is 21.2 Å². The average molecular weight is 408 g/mol. The van der Waals surface area contributed by atoms with E-state index in [1.165, 1.54) is 15.6 Å². The number of para-hydroxylation sites is 1. The zero-order valence-electron chi connectivity index (χ0n) is 14.7. The topological polar surface area (TPSA) is 95.6 Å². The van der Waals surface area contributed by atoms with Crippen LogP contribution in [0, 0.1) is 0 Å². The Hall–Kier alpha value is -2.39. The molecule has 2 N–H and O–H groups in total. The third kappa shape index (κ3) is 4.86. The Morgan fingerprint density at radius 1 is 1.11 bits per heavy atom. The molecule has 0 radical (unpaired) electrons. The summed E-state index contributed by atoms with van der Waals surface area (Å²) >= 11 is 1.43. The maximum atomic E-state index is 12.5. The van der Waals surface area contributed by atoms with Crippen molar-refractivity contribution in [3.8, 4) is 0 Å². The van der Waals surface area contributed by atoms with Gasteiger partial charge < -0.3 is 10.6 Å². The first-order valence-corrected chi connectivity index (χ1v) is 11.2. The fourth-order valence-electron chi connectivity index (χ4n) is 2.90. The van der Waals surface area contributed by atoms with Gasteiger partial charge in [-0.3, -0.25) is 13.9 Å². The molecule has 27 heavy (non-hydrogen) atoms. The summed E-state index contributed by atoms with van der Waals surface area (Å²) in [6.45, 7) is 0.676. The summed E-state index contributed by atoms with van der Waals surface area (Å²) in [5.41, 5.74) is 2.31. The van der Waals surface area contributed by atoms with Crippen LogP contribution in [0.25, 0.3) is 0 Å². The van der Waals surface area contributed by atoms with Gasteiger partial charge in [-0.25, -0.2) is 8.42 Å². The van der Waals surface area contributed by atoms with Gasteiger partial charge in [-0.15, -0.1) is 0 Å². The second-order valence-corrected chi connectivity index (χ2v) is 8.93. The predicted molar refractivity (Wildman–Crippen MR) is 106 cm³/mol. The van der Waals surface area contributed by atoms with Gasteiger partial charge >= 0.3 is 0 Å². The fraction of sp³-hybridized carbons (Fsp3) is 0.333. The summed E-state index contributed by atoms with van der Waals surface area (Å²) in [6, 6.07) is 9.15. The second-order valence-electron chi connectivity index (χ2n) is 6.13. The molecule has 0 aliphatic carbocycles. The number of rotatable bonds is 8. The standard InChI is InChI=1S/C18H21N3O4S2/c22-17(5-8-20-18(23)15-7-11-26-13-15)19-9-12-27(24,25)21-10-6-14-3-1-2-4-16(14)21/h1-4,7,11,13H,5-6,8-10,12H2,(H,19,22)(H,20,23). The van der Waals surface area contributed by atoms with E-state index in [2.05, 4.69) is 10.6 Å². The minimum absolute atomic E-state index is 0.0400. The molecule has 9 heteroatoms. The van der Waals surface area contributed by atoms with Crippen molar-refractivity contribution in [2.75, 3.05) is 29.7 Å². The lowest BCUT2D eigenvalue weighted by Crippen LogP contribution is -2.37. The molecule has 0 bridgehead atoms. The molecule has 0 atom stereocenters. The van der Waals surface area contributed by atoms with Crippen molar-refractivity contribution in [1.29, 1.82) is 0 Å². The summed E-state index contributed by atoms with van der Waals surface area (Å²) in [5, 5.41) is 8.80. The van der Waals surface area contributed by atoms with E-state index in [9.17, 15) is 18.0 Å². The van der Waals surface area contributed by atoms with E-state index >= 15 is 0 Å². The van der Waals surface area contributed by atoms with Crippen molar-refractivity contribution < 1.29 is 18.0 Å². The lowest BCUT2D eigenvalue weighted by atomic mass is 10.2. The van der Waals surface area contributed by atoms with E-state index in [-0.39, 0.29) is 37.1 Å². The van der Waals surface area contributed by atoms with E-state index < -0.39 is 10.0 Å². The van der Waals surface area contributed by atoms with Gasteiger partial charge in [0.1, 0.15) is 0 Å². The molecule has 0 unspecified atom stereocenters. The summed E-state index contributed by atoms with van der Waals surface area (Å²) < 4.78 is 26.5. The van der Waals surface area contributed by atoms with Crippen LogP contribution >= 0.6 is 11.3 Å². The van der Waals surface area contributed by atoms with E-state index in [1.54, 1.807) is 22.9 Å². The average Bonchev–Trinajstić information content (AvgIpc) is 3.31. The van der Waals surface area contributed by atoms with E-state index in [1.807, 2.05) is 18.2 Å². The number of nitrogens with one attached hydrogen (secondary N) is 2. The Labute approximate surface area is 162 Å². The minimum Gasteiger partial charge on any atom is -0.355 e. The summed E-state index contributed by atoms with van der Waals surface area (Å²) in [6.07, 6.45) is 0.800. The van der Waals surface area contributed by atoms with Gasteiger partial charge in [0.05, 0.1) is 11.4 Å². The van der Waals surface area contributed by atoms with Crippen molar-refractivity contribution in [3.63, 3.8) is 0 Å². The van der Waals surface area contributed by atoms with Crippen LogP contribution in [-0.4, -0.2) is 45.6 Å². The van der Waals surface area contributed by atoms with Crippen LogP contribution in [0.15, 0.2) is 41.1 Å². The lowest BCUT2D eigenvalue weighted by molar-refractivity contribution is -0.120. The molecular weight excluding hydrogens is 386 g/mol. The van der Waals surface area contributed by atoms with Crippen LogP contribution < -0.4 is 14.9 Å². The fourth-order valence-corrected chi connectivity index (χ4v) is 4.96. The third-order valence-electron chi connectivity index (χ3n) is 4.28. The number of hydrogen-bond acceptors (Lipinski definition) is 5. The Morgan fingerprint density at radius 2 is 1.93 bits per heavy atom. The van der Waals surface area contributed by atoms with Crippen molar-refractivity contribution in [2.24, 2.45) is 0 Å². The van der Waals surface area contributed by atoms with Crippen LogP contribution in [0.4, 0.5) is 5.69 Å². The van der Waals surface area contributed by atoms with Crippen LogP contribution in [0.1, 0.15) is 22.3 Å². The van der Waals surface area contributed by atoms with Crippen LogP contribution in [0.2, 0.25) is 0 Å². The maximum Gasteiger partial charge on any atom is 0.252 e. The molecule has 0 saturated heterocycles. The number of fused-ring (bicyclic) bond motifs is 1. The van der Waals surface area contributed by atoms with Gasteiger partial charge in [0.25, 0.3) is 5.91 Å². The van der Waals surface area contributed by atoms with Crippen LogP contribution in [0.5, 0.6) is 0 Å². The molecule has 1 aromatic carbocycles. The zero-order chi connectivity index (χ0) is 19.3. The quantitative estimate of drug-likeness (QED) is 0.691. The molecule has 0 fully saturated rings. The minimum atomic E-state index is -3.48. The van der Waals surface area contributed by atoms with Crippen molar-refractivity contribution in [3.05, 3.63) is 52.2 Å². The molecule has 0 spiro atoms. The molecule has 2 heterocycles. The van der Waals surface area contributed by atoms with Gasteiger partial charge in [-0.2, -0.15) is 11.3 Å². The monoisotopic (exact) mass is 407 g/mol. The Kier molecular flexibility index (Phi) is 6.12. The van der Waals surface area contributed by atoms with Gasteiger partial charge in [0.15, 0.2) is 0 Å². The van der Waals surface area contributed by atoms with Gasteiger partial charge in [-0.1, -0.05) is 18.2 Å². The molecular formula is C18H21N3O4S2. The maximum absolute atomic E-state index is 12.5. The van der Waals surface area contributed by atoms with Gasteiger partial charge in [0.2, 0.25) is 15.9 Å². The molecule has 144 valence electrons. The first kappa shape index (κ1) is 19.4. The highest BCUT2D eigenvalue weighted by atomic mass is 32.2. The van der Waals surface area contributed by atoms with E-state index in [0.29, 0.717) is 18.5 Å². The van der Waals surface area contributed by atoms with Gasteiger partial charge in [0, 0.05) is 37.0 Å². The van der Waals surface area contributed by atoms with E-state index in [4.69, 9.17) is 0 Å². The highest BCUT2D eigenvalue weighted by Crippen LogP contribution is 2.29. The molecule has 3 rings (SSSR count). The van der Waals surface area contributed by atoms with E-state index in [0.717, 1.165) is 11.3 Å². The molecule has 1 aliphatic heterocycles. The first-order chi connectivity index (χ1) is 13.0. The normalized spacial score (nSPS) is 13.3. The summed E-state index contributed by atoms with van der Waals surface area (Å²) in [5.74, 6) is -0.675. The lowest BCUT2D eigenvalue weighted by Gasteiger charge is -2.19. The molecule has 2 aromatic rings. The highest BCUT2D eigenvalue weighted by Gasteiger charge is 2.28. The number of amides is 2. The Balaban J connectivity index is 1.40. The Morgan fingerprint density at radius 3 is 2.70 bits per heavy atom. The molecule has 1 aliphatic rings. The number of carbonyl (C=O) groups is 2. The number of anilines is 1. The first-order valence-electron chi connectivity index (χ1n) is 8.63. The number of benzene rings is 1. The van der Waals surface area contributed by atoms with Crippen molar-refractivity contribution in [1.82, 2.24) is 10.6 Å². The number of sulfonamides is 1.